The Labute approximate surface area is 168 Å². The fourth-order valence-electron chi connectivity index (χ4n) is 3.31. The number of thiocarbonyl (C=S) groups is 1. The highest BCUT2D eigenvalue weighted by Gasteiger charge is 2.12. The number of rotatable bonds is 4. The predicted molar refractivity (Wildman–Crippen MR) is 117 cm³/mol. The largest absolute Gasteiger partial charge is 0.357 e. The average molecular weight is 388 g/mol. The number of hydrazine groups is 1. The van der Waals surface area contributed by atoms with Crippen LogP contribution < -0.4 is 16.2 Å². The molecule has 0 aliphatic carbocycles. The molecule has 0 saturated carbocycles. The molecular weight excluding hydrogens is 368 g/mol. The third-order valence-electron chi connectivity index (χ3n) is 4.59. The molecule has 28 heavy (non-hydrogen) atoms. The Bertz CT molecular complexity index is 1080. The van der Waals surface area contributed by atoms with Crippen LogP contribution in [-0.2, 0) is 17.9 Å². The van der Waals surface area contributed by atoms with Crippen molar-refractivity contribution in [1.29, 1.82) is 0 Å². The molecule has 4 aromatic rings. The van der Waals surface area contributed by atoms with Crippen LogP contribution in [0.25, 0.3) is 21.8 Å². The van der Waals surface area contributed by atoms with Crippen molar-refractivity contribution in [2.24, 2.45) is 0 Å². The molecule has 4 rings (SSSR count). The highest BCUT2D eigenvalue weighted by Crippen LogP contribution is 2.28. The molecule has 0 saturated heterocycles. The lowest BCUT2D eigenvalue weighted by Crippen LogP contribution is -2.47. The maximum atomic E-state index is 12.5. The van der Waals surface area contributed by atoms with E-state index in [0.29, 0.717) is 11.7 Å². The fourth-order valence-corrected chi connectivity index (χ4v) is 3.43. The van der Waals surface area contributed by atoms with E-state index >= 15 is 0 Å². The second kappa shape index (κ2) is 8.10. The monoisotopic (exact) mass is 388 g/mol. The van der Waals surface area contributed by atoms with E-state index < -0.39 is 0 Å². The van der Waals surface area contributed by atoms with Crippen LogP contribution >= 0.6 is 12.2 Å². The van der Waals surface area contributed by atoms with Crippen molar-refractivity contribution in [3.63, 3.8) is 0 Å². The van der Waals surface area contributed by atoms with Crippen LogP contribution in [0.5, 0.6) is 0 Å². The SMILES string of the molecule is O=C(Cn1c2ccccc2c2ccccc21)NNC(=S)NCc1ccccc1. The third kappa shape index (κ3) is 3.82. The molecule has 0 fully saturated rings. The average Bonchev–Trinajstić information content (AvgIpc) is 3.05. The van der Waals surface area contributed by atoms with Crippen LogP contribution in [0.4, 0.5) is 0 Å². The summed E-state index contributed by atoms with van der Waals surface area (Å²) in [6.07, 6.45) is 0. The zero-order valence-electron chi connectivity index (χ0n) is 15.2. The first kappa shape index (κ1) is 18.0. The normalized spacial score (nSPS) is 10.7. The number of nitrogens with zero attached hydrogens (tertiary/aromatic N) is 1. The number of aromatic nitrogens is 1. The summed E-state index contributed by atoms with van der Waals surface area (Å²) in [7, 11) is 0. The molecule has 0 radical (unpaired) electrons. The number of para-hydroxylation sites is 2. The minimum Gasteiger partial charge on any atom is -0.357 e. The lowest BCUT2D eigenvalue weighted by atomic mass is 10.2. The zero-order valence-corrected chi connectivity index (χ0v) is 16.0. The van der Waals surface area contributed by atoms with Gasteiger partial charge >= 0.3 is 0 Å². The number of carbonyl (C=O) groups is 1. The van der Waals surface area contributed by atoms with Gasteiger partial charge in [-0.15, -0.1) is 0 Å². The van der Waals surface area contributed by atoms with Gasteiger partial charge in [0.2, 0.25) is 0 Å². The van der Waals surface area contributed by atoms with Crippen molar-refractivity contribution >= 4 is 45.0 Å². The number of amides is 1. The standard InChI is InChI=1S/C22H20N4OS/c27-21(24-25-22(28)23-14-16-8-2-1-3-9-16)15-26-19-12-6-4-10-17(19)18-11-5-7-13-20(18)26/h1-13H,14-15H2,(H,24,27)(H2,23,25,28). The van der Waals surface area contributed by atoms with Crippen LogP contribution in [0.15, 0.2) is 78.9 Å². The second-order valence-electron chi connectivity index (χ2n) is 6.46. The molecule has 5 nitrogen and oxygen atoms in total. The maximum Gasteiger partial charge on any atom is 0.258 e. The van der Waals surface area contributed by atoms with Gasteiger partial charge in [-0.1, -0.05) is 66.7 Å². The highest BCUT2D eigenvalue weighted by molar-refractivity contribution is 7.80. The molecule has 140 valence electrons. The molecule has 0 atom stereocenters. The van der Waals surface area contributed by atoms with Crippen LogP contribution in [0.1, 0.15) is 5.56 Å². The van der Waals surface area contributed by atoms with Gasteiger partial charge in [0.05, 0.1) is 0 Å². The molecule has 1 amide bonds. The van der Waals surface area contributed by atoms with E-state index in [9.17, 15) is 4.79 Å². The smallest absolute Gasteiger partial charge is 0.258 e. The first-order valence-electron chi connectivity index (χ1n) is 9.05. The Morgan fingerprint density at radius 3 is 2.00 bits per heavy atom. The first-order valence-corrected chi connectivity index (χ1v) is 9.46. The Morgan fingerprint density at radius 2 is 1.36 bits per heavy atom. The fraction of sp³-hybridized carbons (Fsp3) is 0.0909. The van der Waals surface area contributed by atoms with Gasteiger partial charge in [-0.05, 0) is 29.9 Å². The Kier molecular flexibility index (Phi) is 5.21. The molecule has 0 aliphatic rings. The number of hydrogen-bond donors (Lipinski definition) is 3. The van der Waals surface area contributed by atoms with E-state index in [1.807, 2.05) is 71.3 Å². The third-order valence-corrected chi connectivity index (χ3v) is 4.84. The number of carbonyl (C=O) groups excluding carboxylic acids is 1. The Morgan fingerprint density at radius 1 is 0.786 bits per heavy atom. The van der Waals surface area contributed by atoms with Crippen LogP contribution in [0.3, 0.4) is 0 Å². The van der Waals surface area contributed by atoms with E-state index in [-0.39, 0.29) is 12.5 Å². The van der Waals surface area contributed by atoms with Crippen molar-refractivity contribution in [1.82, 2.24) is 20.7 Å². The van der Waals surface area contributed by atoms with Gasteiger partial charge in [0.15, 0.2) is 5.11 Å². The molecule has 0 aliphatic heterocycles. The summed E-state index contributed by atoms with van der Waals surface area (Å²) in [4.78, 5) is 12.5. The van der Waals surface area contributed by atoms with Crippen molar-refractivity contribution in [3.05, 3.63) is 84.4 Å². The van der Waals surface area contributed by atoms with E-state index in [0.717, 1.165) is 27.4 Å². The maximum absolute atomic E-state index is 12.5. The van der Waals surface area contributed by atoms with Gasteiger partial charge in [0.25, 0.3) is 5.91 Å². The number of fused-ring (bicyclic) bond motifs is 3. The van der Waals surface area contributed by atoms with Crippen molar-refractivity contribution in [2.45, 2.75) is 13.1 Å². The van der Waals surface area contributed by atoms with E-state index in [4.69, 9.17) is 12.2 Å². The molecule has 6 heteroatoms. The number of hydrogen-bond acceptors (Lipinski definition) is 2. The van der Waals surface area contributed by atoms with Gasteiger partial charge in [-0.3, -0.25) is 15.6 Å². The number of benzene rings is 3. The van der Waals surface area contributed by atoms with Crippen molar-refractivity contribution in [2.75, 3.05) is 0 Å². The molecule has 1 aromatic heterocycles. The Balaban J connectivity index is 1.40. The molecule has 1 heterocycles. The summed E-state index contributed by atoms with van der Waals surface area (Å²) >= 11 is 5.23. The lowest BCUT2D eigenvalue weighted by Gasteiger charge is -2.13. The van der Waals surface area contributed by atoms with E-state index in [1.54, 1.807) is 0 Å². The summed E-state index contributed by atoms with van der Waals surface area (Å²) in [5.74, 6) is -0.171. The van der Waals surface area contributed by atoms with Crippen molar-refractivity contribution in [3.8, 4) is 0 Å². The first-order chi connectivity index (χ1) is 13.7. The van der Waals surface area contributed by atoms with E-state index in [1.165, 1.54) is 0 Å². The van der Waals surface area contributed by atoms with Gasteiger partial charge in [0.1, 0.15) is 6.54 Å². The minimum atomic E-state index is -0.171. The molecule has 3 aromatic carbocycles. The summed E-state index contributed by atoms with van der Waals surface area (Å²) < 4.78 is 2.02. The van der Waals surface area contributed by atoms with Crippen LogP contribution in [0, 0.1) is 0 Å². The molecule has 0 unspecified atom stereocenters. The molecular formula is C22H20N4OS. The zero-order chi connectivity index (χ0) is 19.3. The Hall–Kier alpha value is -3.38. The quantitative estimate of drug-likeness (QED) is 0.370. The van der Waals surface area contributed by atoms with Gasteiger partial charge in [0, 0.05) is 28.4 Å². The summed E-state index contributed by atoms with van der Waals surface area (Å²) in [6, 6.07) is 26.1. The highest BCUT2D eigenvalue weighted by atomic mass is 32.1. The molecule has 0 bridgehead atoms. The van der Waals surface area contributed by atoms with Gasteiger partial charge < -0.3 is 9.88 Å². The summed E-state index contributed by atoms with van der Waals surface area (Å²) in [6.45, 7) is 0.789. The minimum absolute atomic E-state index is 0.171. The van der Waals surface area contributed by atoms with Crippen molar-refractivity contribution < 1.29 is 4.79 Å². The van der Waals surface area contributed by atoms with Gasteiger partial charge in [-0.2, -0.15) is 0 Å². The molecule has 3 N–H and O–H groups in total. The van der Waals surface area contributed by atoms with E-state index in [2.05, 4.69) is 28.3 Å². The number of nitrogens with one attached hydrogen (secondary N) is 3. The predicted octanol–water partition coefficient (Wildman–Crippen LogP) is 3.49. The summed E-state index contributed by atoms with van der Waals surface area (Å²) in [5.41, 5.74) is 8.62. The van der Waals surface area contributed by atoms with Crippen LogP contribution in [-0.4, -0.2) is 15.6 Å². The van der Waals surface area contributed by atoms with Crippen LogP contribution in [0.2, 0.25) is 0 Å². The second-order valence-corrected chi connectivity index (χ2v) is 6.87. The molecule has 0 spiro atoms. The topological polar surface area (TPSA) is 58.1 Å². The lowest BCUT2D eigenvalue weighted by molar-refractivity contribution is -0.122. The summed E-state index contributed by atoms with van der Waals surface area (Å²) in [5, 5.41) is 5.72. The van der Waals surface area contributed by atoms with Gasteiger partial charge in [-0.25, -0.2) is 0 Å².